The third kappa shape index (κ3) is 1.27. The van der Waals surface area contributed by atoms with Gasteiger partial charge in [0.15, 0.2) is 0 Å². The molecule has 0 spiro atoms. The maximum absolute atomic E-state index is 5.33. The molecule has 1 aliphatic rings. The van der Waals surface area contributed by atoms with Gasteiger partial charge < -0.3 is 9.47 Å². The summed E-state index contributed by atoms with van der Waals surface area (Å²) in [6.07, 6.45) is 1.39. The molecule has 0 bridgehead atoms. The minimum absolute atomic E-state index is 0.339. The second-order valence-corrected chi connectivity index (χ2v) is 1.51. The summed E-state index contributed by atoms with van der Waals surface area (Å²) in [7, 11) is 0. The molecule has 0 fully saturated rings. The number of rotatable bonds is 0. The molecule has 0 aliphatic carbocycles. The van der Waals surface area contributed by atoms with Crippen LogP contribution in [-0.4, -0.2) is 13.2 Å². The molecule has 1 heterocycles. The molecule has 0 N–H and O–H groups in total. The zero-order chi connectivity index (χ0) is 5.11. The minimum Gasteiger partial charge on any atom is -0.493 e. The molecule has 0 amide bonds. The first-order valence-corrected chi connectivity index (χ1v) is 2.37. The van der Waals surface area contributed by atoms with Gasteiger partial charge in [0.05, 0.1) is 0 Å². The van der Waals surface area contributed by atoms with Crippen molar-refractivity contribution in [2.24, 2.45) is 0 Å². The van der Waals surface area contributed by atoms with E-state index in [-0.39, 0.29) is 0 Å². The van der Waals surface area contributed by atoms with Crippen molar-refractivity contribution >= 4 is 11.6 Å². The van der Waals surface area contributed by atoms with Crippen molar-refractivity contribution in [2.45, 2.75) is 0 Å². The van der Waals surface area contributed by atoms with Crippen molar-refractivity contribution in [3.63, 3.8) is 0 Å². The number of hydrogen-bond acceptors (Lipinski definition) is 2. The highest BCUT2D eigenvalue weighted by Crippen LogP contribution is 2.06. The zero-order valence-corrected chi connectivity index (χ0v) is 4.44. The Bertz CT molecular complexity index is 89.7. The van der Waals surface area contributed by atoms with Crippen molar-refractivity contribution in [1.82, 2.24) is 0 Å². The van der Waals surface area contributed by atoms with E-state index >= 15 is 0 Å². The van der Waals surface area contributed by atoms with E-state index in [0.29, 0.717) is 18.4 Å². The highest BCUT2D eigenvalue weighted by atomic mass is 35.5. The normalized spacial score (nSPS) is 19.3. The van der Waals surface area contributed by atoms with Crippen LogP contribution in [0.15, 0.2) is 11.5 Å². The van der Waals surface area contributed by atoms with E-state index in [4.69, 9.17) is 21.1 Å². The maximum atomic E-state index is 5.33. The molecule has 0 aromatic carbocycles. The van der Waals surface area contributed by atoms with E-state index in [1.807, 2.05) is 0 Å². The molecule has 0 unspecified atom stereocenters. The predicted octanol–water partition coefficient (Wildman–Crippen LogP) is 1.07. The molecule has 2 nitrogen and oxygen atoms in total. The quantitative estimate of drug-likeness (QED) is 0.476. The van der Waals surface area contributed by atoms with Crippen LogP contribution in [0.4, 0.5) is 0 Å². The van der Waals surface area contributed by atoms with Gasteiger partial charge in [-0.1, -0.05) is 0 Å². The Balaban J connectivity index is 2.40. The maximum Gasteiger partial charge on any atom is 0.222 e. The van der Waals surface area contributed by atoms with Crippen molar-refractivity contribution in [3.8, 4) is 0 Å². The van der Waals surface area contributed by atoms with Gasteiger partial charge in [-0.15, -0.1) is 0 Å². The fourth-order valence-corrected chi connectivity index (χ4v) is 0.486. The molecule has 0 saturated carbocycles. The van der Waals surface area contributed by atoms with Gasteiger partial charge in [-0.3, -0.25) is 0 Å². The van der Waals surface area contributed by atoms with Gasteiger partial charge in [0, 0.05) is 0 Å². The molecule has 1 rings (SSSR count). The standard InChI is InChI=1S/C4H5ClO2/c5-4-3-6-1-2-7-4/h3H,1-2H2. The first-order valence-electron chi connectivity index (χ1n) is 1.99. The summed E-state index contributed by atoms with van der Waals surface area (Å²) < 4.78 is 9.54. The molecule has 0 atom stereocenters. The molecule has 1 aliphatic heterocycles. The van der Waals surface area contributed by atoms with E-state index < -0.39 is 0 Å². The highest BCUT2D eigenvalue weighted by molar-refractivity contribution is 6.28. The molecule has 3 heteroatoms. The highest BCUT2D eigenvalue weighted by Gasteiger charge is 1.97. The fourth-order valence-electron chi connectivity index (χ4n) is 0.346. The van der Waals surface area contributed by atoms with E-state index in [2.05, 4.69) is 0 Å². The van der Waals surface area contributed by atoms with Crippen LogP contribution in [0, 0.1) is 0 Å². The van der Waals surface area contributed by atoms with Crippen LogP contribution in [0.3, 0.4) is 0 Å². The summed E-state index contributed by atoms with van der Waals surface area (Å²) in [5.74, 6) is 0. The van der Waals surface area contributed by atoms with Gasteiger partial charge in [-0.05, 0) is 11.6 Å². The third-order valence-corrected chi connectivity index (χ3v) is 0.815. The summed E-state index contributed by atoms with van der Waals surface area (Å²) in [5.41, 5.74) is 0. The Morgan fingerprint density at radius 2 is 2.43 bits per heavy atom. The first-order chi connectivity index (χ1) is 3.39. The Kier molecular flexibility index (Phi) is 1.42. The summed E-state index contributed by atoms with van der Waals surface area (Å²) in [5, 5.41) is 0.339. The largest absolute Gasteiger partial charge is 0.493 e. The summed E-state index contributed by atoms with van der Waals surface area (Å²) >= 11 is 5.33. The Labute approximate surface area is 46.7 Å². The van der Waals surface area contributed by atoms with Crippen LogP contribution in [-0.2, 0) is 9.47 Å². The van der Waals surface area contributed by atoms with Crippen LogP contribution in [0.2, 0.25) is 0 Å². The molecule has 0 aromatic rings. The van der Waals surface area contributed by atoms with Crippen LogP contribution < -0.4 is 0 Å². The van der Waals surface area contributed by atoms with Crippen molar-refractivity contribution in [2.75, 3.05) is 13.2 Å². The average Bonchev–Trinajstić information content (AvgIpc) is 1.69. The predicted molar refractivity (Wildman–Crippen MR) is 25.8 cm³/mol. The lowest BCUT2D eigenvalue weighted by Crippen LogP contribution is -2.04. The van der Waals surface area contributed by atoms with E-state index in [0.717, 1.165) is 0 Å². The van der Waals surface area contributed by atoms with Gasteiger partial charge in [-0.2, -0.15) is 0 Å². The molecular weight excluding hydrogens is 115 g/mol. The Hall–Kier alpha value is -0.370. The van der Waals surface area contributed by atoms with E-state index in [9.17, 15) is 0 Å². The minimum atomic E-state index is 0.339. The van der Waals surface area contributed by atoms with E-state index in [1.54, 1.807) is 0 Å². The second kappa shape index (κ2) is 2.07. The van der Waals surface area contributed by atoms with Gasteiger partial charge in [-0.25, -0.2) is 0 Å². The van der Waals surface area contributed by atoms with Crippen LogP contribution in [0.1, 0.15) is 0 Å². The van der Waals surface area contributed by atoms with Gasteiger partial charge in [0.2, 0.25) is 5.22 Å². The SMILES string of the molecule is ClC1=COCCO1. The molecule has 40 valence electrons. The lowest BCUT2D eigenvalue weighted by molar-refractivity contribution is 0.0992. The lowest BCUT2D eigenvalue weighted by Gasteiger charge is -2.08. The first kappa shape index (κ1) is 4.78. The summed E-state index contributed by atoms with van der Waals surface area (Å²) in [4.78, 5) is 0. The molecule has 0 saturated heterocycles. The zero-order valence-electron chi connectivity index (χ0n) is 3.69. The lowest BCUT2D eigenvalue weighted by atomic mass is 10.7. The van der Waals surface area contributed by atoms with Crippen LogP contribution in [0.25, 0.3) is 0 Å². The van der Waals surface area contributed by atoms with Gasteiger partial charge in [0.1, 0.15) is 19.5 Å². The van der Waals surface area contributed by atoms with Crippen molar-refractivity contribution in [1.29, 1.82) is 0 Å². The van der Waals surface area contributed by atoms with Crippen molar-refractivity contribution in [3.05, 3.63) is 11.5 Å². The van der Waals surface area contributed by atoms with Crippen LogP contribution in [0.5, 0.6) is 0 Å². The second-order valence-electron chi connectivity index (χ2n) is 1.14. The molecule has 7 heavy (non-hydrogen) atoms. The number of hydrogen-bond donors (Lipinski definition) is 0. The third-order valence-electron chi connectivity index (χ3n) is 0.617. The molecular formula is C4H5ClO2. The van der Waals surface area contributed by atoms with Gasteiger partial charge in [0.25, 0.3) is 0 Å². The topological polar surface area (TPSA) is 18.5 Å². The van der Waals surface area contributed by atoms with Gasteiger partial charge >= 0.3 is 0 Å². The molecule has 0 radical (unpaired) electrons. The Morgan fingerprint density at radius 1 is 1.57 bits per heavy atom. The average molecular weight is 121 g/mol. The number of halogens is 1. The summed E-state index contributed by atoms with van der Waals surface area (Å²) in [6, 6.07) is 0. The smallest absolute Gasteiger partial charge is 0.222 e. The van der Waals surface area contributed by atoms with E-state index in [1.165, 1.54) is 6.26 Å². The summed E-state index contributed by atoms with van der Waals surface area (Å²) in [6.45, 7) is 1.17. The molecule has 0 aromatic heterocycles. The van der Waals surface area contributed by atoms with Crippen molar-refractivity contribution < 1.29 is 9.47 Å². The van der Waals surface area contributed by atoms with Crippen LogP contribution >= 0.6 is 11.6 Å². The Morgan fingerprint density at radius 3 is 2.71 bits per heavy atom. The fraction of sp³-hybridized carbons (Fsp3) is 0.500. The number of ether oxygens (including phenoxy) is 2. The monoisotopic (exact) mass is 120 g/mol.